The molecule has 2 N–H and O–H groups in total. The van der Waals surface area contributed by atoms with Crippen molar-refractivity contribution >= 4 is 11.7 Å². The van der Waals surface area contributed by atoms with Crippen LogP contribution in [0.3, 0.4) is 0 Å². The largest absolute Gasteiger partial charge is 0.494 e. The molecular weight excluding hydrogens is 443 g/mol. The first-order chi connectivity index (χ1) is 15.9. The molecule has 1 aromatic carbocycles. The van der Waals surface area contributed by atoms with Crippen molar-refractivity contribution in [1.29, 1.82) is 0 Å². The Morgan fingerprint density at radius 1 is 1.15 bits per heavy atom. The number of hydrogen-bond acceptors (Lipinski definition) is 7. The Balaban J connectivity index is 1.69. The third-order valence-electron chi connectivity index (χ3n) is 4.82. The predicted molar refractivity (Wildman–Crippen MR) is 112 cm³/mol. The fourth-order valence-corrected chi connectivity index (χ4v) is 3.16. The molecule has 2 aromatic rings. The van der Waals surface area contributed by atoms with Crippen molar-refractivity contribution in [3.05, 3.63) is 41.3 Å². The van der Waals surface area contributed by atoms with Crippen molar-refractivity contribution in [3.8, 4) is 29.1 Å². The molecule has 1 aliphatic rings. The van der Waals surface area contributed by atoms with E-state index in [1.54, 1.807) is 0 Å². The number of anilines is 1. The molecule has 1 aliphatic heterocycles. The van der Waals surface area contributed by atoms with Crippen LogP contribution in [0.4, 0.5) is 19.0 Å². The highest BCUT2D eigenvalue weighted by Gasteiger charge is 2.30. The van der Waals surface area contributed by atoms with Gasteiger partial charge in [-0.15, -0.1) is 0 Å². The van der Waals surface area contributed by atoms with E-state index in [-0.39, 0.29) is 36.3 Å². The van der Waals surface area contributed by atoms with E-state index < -0.39 is 47.6 Å². The van der Waals surface area contributed by atoms with Crippen LogP contribution < -0.4 is 24.8 Å². The van der Waals surface area contributed by atoms with E-state index in [0.29, 0.717) is 0 Å². The quantitative estimate of drug-likeness (QED) is 0.579. The molecule has 0 spiro atoms. The average molecular weight is 465 g/mol. The second kappa shape index (κ2) is 10.8. The van der Waals surface area contributed by atoms with Crippen molar-refractivity contribution in [2.24, 2.45) is 0 Å². The Bertz CT molecular complexity index is 1060. The number of carbonyl (C=O) groups excluding carboxylic acids is 1. The highest BCUT2D eigenvalue weighted by Crippen LogP contribution is 2.32. The van der Waals surface area contributed by atoms with Crippen molar-refractivity contribution in [2.45, 2.75) is 25.6 Å². The van der Waals surface area contributed by atoms with Crippen LogP contribution in [0.2, 0.25) is 0 Å². The third-order valence-corrected chi connectivity index (χ3v) is 4.82. The van der Waals surface area contributed by atoms with E-state index in [1.165, 1.54) is 27.3 Å². The smallest absolute Gasteiger partial charge is 0.296 e. The fourth-order valence-electron chi connectivity index (χ4n) is 3.16. The second-order valence-corrected chi connectivity index (χ2v) is 6.92. The first-order valence-corrected chi connectivity index (χ1v) is 9.82. The lowest BCUT2D eigenvalue weighted by molar-refractivity contribution is -0.116. The van der Waals surface area contributed by atoms with Crippen LogP contribution in [0, 0.1) is 29.3 Å². The fraction of sp³-hybridized carbons (Fsp3) is 0.364. The van der Waals surface area contributed by atoms with Crippen LogP contribution in [0.15, 0.2) is 18.3 Å². The van der Waals surface area contributed by atoms with Crippen molar-refractivity contribution < 1.29 is 36.9 Å². The highest BCUT2D eigenvalue weighted by molar-refractivity contribution is 5.93. The molecule has 2 heterocycles. The number of carbonyl (C=O) groups is 1. The van der Waals surface area contributed by atoms with Gasteiger partial charge in [-0.25, -0.2) is 18.2 Å². The van der Waals surface area contributed by atoms with Gasteiger partial charge in [0.15, 0.2) is 34.8 Å². The number of nitrogens with one attached hydrogen (secondary N) is 2. The molecule has 33 heavy (non-hydrogen) atoms. The molecule has 1 amide bonds. The van der Waals surface area contributed by atoms with E-state index in [9.17, 15) is 18.0 Å². The zero-order valence-electron chi connectivity index (χ0n) is 18.1. The minimum absolute atomic E-state index is 0.0515. The number of amides is 1. The molecule has 2 unspecified atom stereocenters. The highest BCUT2D eigenvalue weighted by atomic mass is 19.1. The lowest BCUT2D eigenvalue weighted by Crippen LogP contribution is -2.45. The van der Waals surface area contributed by atoms with E-state index in [2.05, 4.69) is 27.5 Å². The van der Waals surface area contributed by atoms with E-state index in [1.807, 2.05) is 0 Å². The number of aromatic nitrogens is 1. The Labute approximate surface area is 188 Å². The van der Waals surface area contributed by atoms with Crippen LogP contribution in [0.5, 0.6) is 17.2 Å². The van der Waals surface area contributed by atoms with Gasteiger partial charge in [0.05, 0.1) is 51.3 Å². The van der Waals surface area contributed by atoms with Crippen molar-refractivity contribution in [1.82, 2.24) is 10.3 Å². The van der Waals surface area contributed by atoms with Gasteiger partial charge in [-0.2, -0.15) is 0 Å². The Hall–Kier alpha value is -3.65. The maximum Gasteiger partial charge on any atom is 0.296 e. The lowest BCUT2D eigenvalue weighted by atomic mass is 10.1. The third kappa shape index (κ3) is 5.59. The molecule has 0 aliphatic carbocycles. The molecule has 0 bridgehead atoms. The standard InChI is InChI=1S/C22H22F3N3O5/c1-4-5-19(29)27-15-10-32-11-16(15)28-22-14(23)6-12(8-26-22)33-9-13-20(24)17(30-2)7-18(31-3)21(13)25/h6-8,15-16H,9-11H2,1-3H3,(H,26,28)(H,27,29). The molecule has 11 heteroatoms. The summed E-state index contributed by atoms with van der Waals surface area (Å²) >= 11 is 0. The van der Waals surface area contributed by atoms with E-state index >= 15 is 0 Å². The minimum Gasteiger partial charge on any atom is -0.494 e. The first-order valence-electron chi connectivity index (χ1n) is 9.82. The van der Waals surface area contributed by atoms with Crippen LogP contribution in [0.1, 0.15) is 12.5 Å². The van der Waals surface area contributed by atoms with Crippen LogP contribution in [-0.2, 0) is 16.1 Å². The molecule has 2 atom stereocenters. The van der Waals surface area contributed by atoms with Crippen LogP contribution in [0.25, 0.3) is 0 Å². The maximum atomic E-state index is 14.6. The summed E-state index contributed by atoms with van der Waals surface area (Å²) in [5, 5.41) is 5.56. The normalized spacial score (nSPS) is 17.0. The summed E-state index contributed by atoms with van der Waals surface area (Å²) in [6.07, 6.45) is 1.20. The van der Waals surface area contributed by atoms with E-state index in [4.69, 9.17) is 18.9 Å². The summed E-state index contributed by atoms with van der Waals surface area (Å²) < 4.78 is 63.9. The molecule has 176 valence electrons. The Morgan fingerprint density at radius 3 is 2.42 bits per heavy atom. The zero-order chi connectivity index (χ0) is 24.0. The number of ether oxygens (including phenoxy) is 4. The molecule has 1 aromatic heterocycles. The van der Waals surface area contributed by atoms with Gasteiger partial charge in [0.1, 0.15) is 12.4 Å². The van der Waals surface area contributed by atoms with Gasteiger partial charge in [0.25, 0.3) is 5.91 Å². The summed E-state index contributed by atoms with van der Waals surface area (Å²) in [5.41, 5.74) is -0.439. The number of benzene rings is 1. The number of halogens is 3. The first kappa shape index (κ1) is 24.0. The second-order valence-electron chi connectivity index (χ2n) is 6.92. The van der Waals surface area contributed by atoms with Gasteiger partial charge in [0, 0.05) is 12.1 Å². The molecule has 1 saturated heterocycles. The van der Waals surface area contributed by atoms with Crippen LogP contribution >= 0.6 is 0 Å². The molecular formula is C22H22F3N3O5. The SMILES string of the molecule is CC#CC(=O)NC1COCC1Nc1ncc(OCc2c(F)c(OC)cc(OC)c2F)cc1F. The van der Waals surface area contributed by atoms with Gasteiger partial charge in [-0.05, 0) is 12.8 Å². The summed E-state index contributed by atoms with van der Waals surface area (Å²) in [6, 6.07) is 1.24. The Morgan fingerprint density at radius 2 is 1.82 bits per heavy atom. The Kier molecular flexibility index (Phi) is 7.84. The number of pyridine rings is 1. The minimum atomic E-state index is -0.954. The molecule has 3 rings (SSSR count). The van der Waals surface area contributed by atoms with Gasteiger partial charge >= 0.3 is 0 Å². The average Bonchev–Trinajstić information content (AvgIpc) is 3.22. The molecule has 1 fully saturated rings. The lowest BCUT2D eigenvalue weighted by Gasteiger charge is -2.20. The summed E-state index contributed by atoms with van der Waals surface area (Å²) in [5.74, 6) is 1.13. The number of rotatable bonds is 8. The van der Waals surface area contributed by atoms with Gasteiger partial charge < -0.3 is 29.6 Å². The maximum absolute atomic E-state index is 14.6. The number of methoxy groups -OCH3 is 2. The topological polar surface area (TPSA) is 90.9 Å². The number of nitrogens with zero attached hydrogens (tertiary/aromatic N) is 1. The van der Waals surface area contributed by atoms with Gasteiger partial charge in [-0.3, -0.25) is 4.79 Å². The van der Waals surface area contributed by atoms with Crippen molar-refractivity contribution in [2.75, 3.05) is 32.8 Å². The predicted octanol–water partition coefficient (Wildman–Crippen LogP) is 2.41. The summed E-state index contributed by atoms with van der Waals surface area (Å²) in [7, 11) is 2.46. The molecule has 0 radical (unpaired) electrons. The van der Waals surface area contributed by atoms with Crippen LogP contribution in [-0.4, -0.2) is 50.4 Å². The van der Waals surface area contributed by atoms with Gasteiger partial charge in [-0.1, -0.05) is 5.92 Å². The zero-order valence-corrected chi connectivity index (χ0v) is 18.1. The molecule has 8 nitrogen and oxygen atoms in total. The van der Waals surface area contributed by atoms with Crippen molar-refractivity contribution in [3.63, 3.8) is 0 Å². The van der Waals surface area contributed by atoms with Gasteiger partial charge in [0.2, 0.25) is 0 Å². The molecule has 0 saturated carbocycles. The summed E-state index contributed by atoms with van der Waals surface area (Å²) in [4.78, 5) is 15.7. The van der Waals surface area contributed by atoms with E-state index in [0.717, 1.165) is 12.1 Å². The number of hydrogen-bond donors (Lipinski definition) is 2. The monoisotopic (exact) mass is 465 g/mol. The summed E-state index contributed by atoms with van der Waals surface area (Å²) in [6.45, 7) is 1.44.